The number of benzene rings is 2. The molecule has 0 bridgehead atoms. The maximum absolute atomic E-state index is 12.8. The average molecular weight is 491 g/mol. The molecular formula is C19H13Br2N3O3. The molecule has 4 rings (SSSR count). The molecule has 0 fully saturated rings. The molecular weight excluding hydrogens is 478 g/mol. The van der Waals surface area contributed by atoms with Crippen molar-refractivity contribution in [2.24, 2.45) is 0 Å². The Labute approximate surface area is 170 Å². The lowest BCUT2D eigenvalue weighted by molar-refractivity contribution is -0.139. The molecule has 0 spiro atoms. The minimum atomic E-state index is -1.18. The third-order valence-electron chi connectivity index (χ3n) is 4.40. The van der Waals surface area contributed by atoms with Crippen LogP contribution < -0.4 is 5.32 Å². The van der Waals surface area contributed by atoms with Gasteiger partial charge in [-0.1, -0.05) is 31.9 Å². The first kappa shape index (κ1) is 17.8. The van der Waals surface area contributed by atoms with Crippen molar-refractivity contribution in [3.63, 3.8) is 0 Å². The highest BCUT2D eigenvalue weighted by Gasteiger charge is 2.26. The van der Waals surface area contributed by atoms with Crippen molar-refractivity contribution >= 4 is 65.5 Å². The smallest absolute Gasteiger partial charge is 0.331 e. The Morgan fingerprint density at radius 1 is 0.926 bits per heavy atom. The van der Waals surface area contributed by atoms with E-state index >= 15 is 0 Å². The minimum absolute atomic E-state index is 0.388. The number of aromatic amines is 2. The second-order valence-electron chi connectivity index (χ2n) is 6.07. The number of fused-ring (bicyclic) bond motifs is 2. The van der Waals surface area contributed by atoms with Crippen LogP contribution in [0.2, 0.25) is 0 Å². The zero-order valence-electron chi connectivity index (χ0n) is 13.7. The van der Waals surface area contributed by atoms with Gasteiger partial charge in [-0.15, -0.1) is 0 Å². The Morgan fingerprint density at radius 2 is 1.52 bits per heavy atom. The van der Waals surface area contributed by atoms with Crippen LogP contribution in [0.1, 0.15) is 22.0 Å². The second kappa shape index (κ2) is 6.86. The fourth-order valence-corrected chi connectivity index (χ4v) is 3.84. The number of amides is 1. The number of carbonyl (C=O) groups is 2. The number of nitrogens with one attached hydrogen (secondary N) is 3. The molecule has 2 aromatic carbocycles. The molecule has 2 heterocycles. The van der Waals surface area contributed by atoms with Gasteiger partial charge in [-0.2, -0.15) is 0 Å². The molecule has 2 aromatic heterocycles. The number of halogens is 2. The number of carbonyl (C=O) groups excluding carboxylic acids is 1. The SMILES string of the molecule is O=C(NC(C(=O)O)c1c[nH]c2ccc(Br)cc12)c1c[nH]c2ccc(Br)cc12. The van der Waals surface area contributed by atoms with Gasteiger partial charge in [-0.05, 0) is 36.4 Å². The number of hydrogen-bond donors (Lipinski definition) is 4. The molecule has 0 aliphatic rings. The molecule has 1 amide bonds. The lowest BCUT2D eigenvalue weighted by Gasteiger charge is -2.14. The van der Waals surface area contributed by atoms with Gasteiger partial charge in [-0.25, -0.2) is 4.79 Å². The van der Waals surface area contributed by atoms with Gasteiger partial charge in [-0.3, -0.25) is 4.79 Å². The molecule has 136 valence electrons. The summed E-state index contributed by atoms with van der Waals surface area (Å²) in [4.78, 5) is 30.8. The van der Waals surface area contributed by atoms with E-state index in [2.05, 4.69) is 47.1 Å². The summed E-state index contributed by atoms with van der Waals surface area (Å²) in [6.07, 6.45) is 3.19. The molecule has 4 aromatic rings. The molecule has 0 radical (unpaired) electrons. The summed E-state index contributed by atoms with van der Waals surface area (Å²) in [7, 11) is 0. The number of carboxylic acids is 1. The van der Waals surface area contributed by atoms with E-state index in [1.54, 1.807) is 12.4 Å². The van der Waals surface area contributed by atoms with E-state index in [1.165, 1.54) is 0 Å². The largest absolute Gasteiger partial charge is 0.479 e. The minimum Gasteiger partial charge on any atom is -0.479 e. The van der Waals surface area contributed by atoms with E-state index in [9.17, 15) is 14.7 Å². The molecule has 0 aliphatic carbocycles. The van der Waals surface area contributed by atoms with Crippen molar-refractivity contribution < 1.29 is 14.7 Å². The van der Waals surface area contributed by atoms with E-state index < -0.39 is 17.9 Å². The predicted octanol–water partition coefficient (Wildman–Crippen LogP) is 4.73. The predicted molar refractivity (Wildman–Crippen MR) is 110 cm³/mol. The zero-order valence-corrected chi connectivity index (χ0v) is 16.9. The number of aromatic nitrogens is 2. The second-order valence-corrected chi connectivity index (χ2v) is 7.90. The molecule has 0 saturated heterocycles. The maximum atomic E-state index is 12.8. The van der Waals surface area contributed by atoms with E-state index in [1.807, 2.05) is 36.4 Å². The number of hydrogen-bond acceptors (Lipinski definition) is 2. The summed E-state index contributed by atoms with van der Waals surface area (Å²) in [6, 6.07) is 9.89. The highest BCUT2D eigenvalue weighted by atomic mass is 79.9. The molecule has 0 saturated carbocycles. The Kier molecular flexibility index (Phi) is 4.53. The maximum Gasteiger partial charge on any atom is 0.331 e. The van der Waals surface area contributed by atoms with Crippen molar-refractivity contribution in [3.05, 3.63) is 68.9 Å². The van der Waals surface area contributed by atoms with E-state index in [-0.39, 0.29) is 0 Å². The van der Waals surface area contributed by atoms with Crippen LogP contribution in [0.25, 0.3) is 21.8 Å². The normalized spacial score (nSPS) is 12.4. The average Bonchev–Trinajstić information content (AvgIpc) is 3.22. The molecule has 6 nitrogen and oxygen atoms in total. The molecule has 1 atom stereocenters. The fraction of sp³-hybridized carbons (Fsp3) is 0.0526. The third kappa shape index (κ3) is 3.26. The van der Waals surface area contributed by atoms with Gasteiger partial charge in [0, 0.05) is 48.7 Å². The van der Waals surface area contributed by atoms with Crippen LogP contribution in [0.3, 0.4) is 0 Å². The van der Waals surface area contributed by atoms with Gasteiger partial charge in [0.05, 0.1) is 5.56 Å². The van der Waals surface area contributed by atoms with Gasteiger partial charge in [0.2, 0.25) is 0 Å². The number of carboxylic acid groups (broad SMARTS) is 1. The summed E-state index contributed by atoms with van der Waals surface area (Å²) in [5.74, 6) is -1.60. The van der Waals surface area contributed by atoms with Crippen LogP contribution in [0, 0.1) is 0 Å². The summed E-state index contributed by atoms with van der Waals surface area (Å²) in [5, 5.41) is 13.8. The van der Waals surface area contributed by atoms with Gasteiger partial charge in [0.15, 0.2) is 6.04 Å². The van der Waals surface area contributed by atoms with Crippen molar-refractivity contribution in [2.75, 3.05) is 0 Å². The molecule has 8 heteroatoms. The zero-order chi connectivity index (χ0) is 19.1. The molecule has 27 heavy (non-hydrogen) atoms. The highest BCUT2D eigenvalue weighted by molar-refractivity contribution is 9.10. The van der Waals surface area contributed by atoms with Crippen LogP contribution in [0.4, 0.5) is 0 Å². The third-order valence-corrected chi connectivity index (χ3v) is 5.38. The Morgan fingerprint density at radius 3 is 2.19 bits per heavy atom. The fourth-order valence-electron chi connectivity index (χ4n) is 3.12. The van der Waals surface area contributed by atoms with Crippen molar-refractivity contribution in [1.29, 1.82) is 0 Å². The number of aliphatic carboxylic acids is 1. The number of rotatable bonds is 4. The lowest BCUT2D eigenvalue weighted by Crippen LogP contribution is -2.33. The van der Waals surface area contributed by atoms with Gasteiger partial charge < -0.3 is 20.4 Å². The highest BCUT2D eigenvalue weighted by Crippen LogP contribution is 2.28. The van der Waals surface area contributed by atoms with Gasteiger partial charge >= 0.3 is 5.97 Å². The van der Waals surface area contributed by atoms with Gasteiger partial charge in [0.1, 0.15) is 0 Å². The van der Waals surface area contributed by atoms with Crippen LogP contribution in [-0.4, -0.2) is 27.0 Å². The first-order chi connectivity index (χ1) is 12.9. The van der Waals surface area contributed by atoms with E-state index in [4.69, 9.17) is 0 Å². The van der Waals surface area contributed by atoms with Crippen LogP contribution in [-0.2, 0) is 4.79 Å². The lowest BCUT2D eigenvalue weighted by atomic mass is 10.0. The van der Waals surface area contributed by atoms with E-state index in [0.29, 0.717) is 16.5 Å². The van der Waals surface area contributed by atoms with Gasteiger partial charge in [0.25, 0.3) is 5.91 Å². The first-order valence-corrected chi connectivity index (χ1v) is 9.59. The monoisotopic (exact) mass is 489 g/mol. The molecule has 0 aliphatic heterocycles. The molecule has 4 N–H and O–H groups in total. The summed E-state index contributed by atoms with van der Waals surface area (Å²) >= 11 is 6.79. The van der Waals surface area contributed by atoms with Crippen LogP contribution in [0.15, 0.2) is 57.7 Å². The first-order valence-electron chi connectivity index (χ1n) is 8.01. The molecule has 1 unspecified atom stereocenters. The summed E-state index contributed by atoms with van der Waals surface area (Å²) < 4.78 is 1.66. The van der Waals surface area contributed by atoms with Crippen LogP contribution >= 0.6 is 31.9 Å². The van der Waals surface area contributed by atoms with Crippen LogP contribution in [0.5, 0.6) is 0 Å². The Hall–Kier alpha value is -2.58. The Balaban J connectivity index is 1.72. The summed E-state index contributed by atoms with van der Waals surface area (Å²) in [5.41, 5.74) is 2.47. The van der Waals surface area contributed by atoms with Crippen molar-refractivity contribution in [1.82, 2.24) is 15.3 Å². The Bertz CT molecular complexity index is 1200. The topological polar surface area (TPSA) is 98.0 Å². The summed E-state index contributed by atoms with van der Waals surface area (Å²) in [6.45, 7) is 0. The standard InChI is InChI=1S/C19H13Br2N3O3/c20-9-1-3-15-11(5-9)13(7-22-15)17(19(26)27)24-18(25)14-8-23-16-4-2-10(21)6-12(14)16/h1-8,17,22-23H,(H,24,25)(H,26,27). The van der Waals surface area contributed by atoms with E-state index in [0.717, 1.165) is 25.4 Å². The van der Waals surface area contributed by atoms with Crippen molar-refractivity contribution in [2.45, 2.75) is 6.04 Å². The van der Waals surface area contributed by atoms with Crippen molar-refractivity contribution in [3.8, 4) is 0 Å². The number of H-pyrrole nitrogens is 2. The quantitative estimate of drug-likeness (QED) is 0.333.